The molecule has 0 saturated carbocycles. The third kappa shape index (κ3) is 4.19. The van der Waals surface area contributed by atoms with Crippen LogP contribution in [0.2, 0.25) is 0 Å². The van der Waals surface area contributed by atoms with Crippen LogP contribution in [-0.4, -0.2) is 15.9 Å². The molecule has 0 fully saturated rings. The van der Waals surface area contributed by atoms with E-state index in [4.69, 9.17) is 0 Å². The number of hydrogen-bond donors (Lipinski definition) is 2. The van der Waals surface area contributed by atoms with E-state index < -0.39 is 0 Å². The van der Waals surface area contributed by atoms with Crippen molar-refractivity contribution in [2.75, 3.05) is 5.32 Å². The van der Waals surface area contributed by atoms with Gasteiger partial charge in [0.25, 0.3) is 5.91 Å². The predicted molar refractivity (Wildman–Crippen MR) is 96.2 cm³/mol. The molecule has 2 aromatic rings. The Balaban J connectivity index is 2.18. The fraction of sp³-hybridized carbons (Fsp3) is 0.263. The van der Waals surface area contributed by atoms with Gasteiger partial charge in [0, 0.05) is 11.3 Å². The van der Waals surface area contributed by atoms with Crippen LogP contribution in [0, 0.1) is 5.41 Å². The number of anilines is 1. The van der Waals surface area contributed by atoms with E-state index in [1.54, 1.807) is 18.5 Å². The zero-order valence-electron chi connectivity index (χ0n) is 14.1. The van der Waals surface area contributed by atoms with Gasteiger partial charge in [0.1, 0.15) is 0 Å². The first-order valence-corrected chi connectivity index (χ1v) is 7.57. The summed E-state index contributed by atoms with van der Waals surface area (Å²) in [6.07, 6.45) is 6.97. The molecular formula is C19H23N3O. The SMILES string of the molecule is C=C/C(=C\C=C(/C)C(C)(C)C)C(=O)Nc1ccc2nc[nH]c2c1. The fourth-order valence-corrected chi connectivity index (χ4v) is 1.92. The summed E-state index contributed by atoms with van der Waals surface area (Å²) < 4.78 is 0. The minimum atomic E-state index is -0.183. The number of H-pyrrole nitrogens is 1. The summed E-state index contributed by atoms with van der Waals surface area (Å²) >= 11 is 0. The molecule has 4 heteroatoms. The Hall–Kier alpha value is -2.62. The second-order valence-electron chi connectivity index (χ2n) is 6.51. The van der Waals surface area contributed by atoms with Gasteiger partial charge in [0.15, 0.2) is 0 Å². The molecule has 0 aliphatic rings. The quantitative estimate of drug-likeness (QED) is 0.640. The normalized spacial score (nSPS) is 13.2. The zero-order valence-corrected chi connectivity index (χ0v) is 14.1. The lowest BCUT2D eigenvalue weighted by Gasteiger charge is -2.18. The van der Waals surface area contributed by atoms with Crippen molar-refractivity contribution in [2.45, 2.75) is 27.7 Å². The number of nitrogens with zero attached hydrogens (tertiary/aromatic N) is 1. The van der Waals surface area contributed by atoms with Crippen molar-refractivity contribution in [2.24, 2.45) is 5.41 Å². The molecule has 2 N–H and O–H groups in total. The van der Waals surface area contributed by atoms with Crippen molar-refractivity contribution in [1.82, 2.24) is 9.97 Å². The van der Waals surface area contributed by atoms with Gasteiger partial charge in [-0.2, -0.15) is 0 Å². The Bertz CT molecular complexity index is 788. The smallest absolute Gasteiger partial charge is 0.255 e. The van der Waals surface area contributed by atoms with Crippen LogP contribution < -0.4 is 5.32 Å². The van der Waals surface area contributed by atoms with E-state index in [1.165, 1.54) is 5.57 Å². The van der Waals surface area contributed by atoms with Crippen LogP contribution >= 0.6 is 0 Å². The molecule has 0 radical (unpaired) electrons. The minimum absolute atomic E-state index is 0.0743. The maximum Gasteiger partial charge on any atom is 0.255 e. The van der Waals surface area contributed by atoms with Gasteiger partial charge < -0.3 is 10.3 Å². The first-order valence-electron chi connectivity index (χ1n) is 7.57. The van der Waals surface area contributed by atoms with Crippen LogP contribution in [0.5, 0.6) is 0 Å². The highest BCUT2D eigenvalue weighted by atomic mass is 16.1. The highest BCUT2D eigenvalue weighted by Crippen LogP contribution is 2.24. The number of hydrogen-bond acceptors (Lipinski definition) is 2. The van der Waals surface area contributed by atoms with Crippen LogP contribution in [0.15, 0.2) is 60.5 Å². The molecule has 0 bridgehead atoms. The van der Waals surface area contributed by atoms with Gasteiger partial charge in [-0.15, -0.1) is 0 Å². The standard InChI is InChI=1S/C19H23N3O/c1-6-14(8-7-13(2)19(3,4)5)18(23)22-15-9-10-16-17(11-15)21-12-20-16/h6-12H,1H2,2-5H3,(H,20,21)(H,22,23)/b13-7+,14-8+. The van der Waals surface area contributed by atoms with E-state index in [1.807, 2.05) is 24.3 Å². The van der Waals surface area contributed by atoms with Crippen LogP contribution in [0.4, 0.5) is 5.69 Å². The van der Waals surface area contributed by atoms with Crippen LogP contribution in [-0.2, 0) is 4.79 Å². The second kappa shape index (κ2) is 6.65. The molecule has 1 aromatic carbocycles. The number of allylic oxidation sites excluding steroid dienone is 3. The number of nitrogens with one attached hydrogen (secondary N) is 2. The van der Waals surface area contributed by atoms with E-state index in [0.29, 0.717) is 5.57 Å². The Morgan fingerprint density at radius 1 is 1.30 bits per heavy atom. The Morgan fingerprint density at radius 3 is 2.70 bits per heavy atom. The summed E-state index contributed by atoms with van der Waals surface area (Å²) in [5.41, 5.74) is 4.27. The third-order valence-corrected chi connectivity index (χ3v) is 3.86. The summed E-state index contributed by atoms with van der Waals surface area (Å²) in [4.78, 5) is 19.6. The lowest BCUT2D eigenvalue weighted by molar-refractivity contribution is -0.112. The van der Waals surface area contributed by atoms with Gasteiger partial charge in [-0.05, 0) is 36.6 Å². The summed E-state index contributed by atoms with van der Waals surface area (Å²) in [7, 11) is 0. The summed E-state index contributed by atoms with van der Waals surface area (Å²) in [6, 6.07) is 5.55. The Kier molecular flexibility index (Phi) is 4.84. The minimum Gasteiger partial charge on any atom is -0.345 e. The number of aromatic nitrogens is 2. The molecular weight excluding hydrogens is 286 g/mol. The number of amides is 1. The van der Waals surface area contributed by atoms with E-state index in [9.17, 15) is 4.79 Å². The number of benzene rings is 1. The van der Waals surface area contributed by atoms with Crippen LogP contribution in [0.3, 0.4) is 0 Å². The Labute approximate surface area is 137 Å². The maximum atomic E-state index is 12.4. The van der Waals surface area contributed by atoms with Crippen molar-refractivity contribution in [3.63, 3.8) is 0 Å². The number of imidazole rings is 1. The number of fused-ring (bicyclic) bond motifs is 1. The van der Waals surface area contributed by atoms with E-state index >= 15 is 0 Å². The molecule has 0 spiro atoms. The van der Waals surface area contributed by atoms with Crippen molar-refractivity contribution in [1.29, 1.82) is 0 Å². The molecule has 2 rings (SSSR count). The van der Waals surface area contributed by atoms with Gasteiger partial charge in [-0.3, -0.25) is 4.79 Å². The summed E-state index contributed by atoms with van der Waals surface area (Å²) in [5.74, 6) is -0.183. The van der Waals surface area contributed by atoms with Gasteiger partial charge in [0.05, 0.1) is 17.4 Å². The van der Waals surface area contributed by atoms with E-state index in [2.05, 4.69) is 49.6 Å². The average Bonchev–Trinajstić information content (AvgIpc) is 2.94. The van der Waals surface area contributed by atoms with Gasteiger partial charge in [0.2, 0.25) is 0 Å². The molecule has 1 amide bonds. The average molecular weight is 309 g/mol. The maximum absolute atomic E-state index is 12.4. The second-order valence-corrected chi connectivity index (χ2v) is 6.51. The molecule has 1 heterocycles. The lowest BCUT2D eigenvalue weighted by atomic mass is 9.87. The number of rotatable bonds is 4. The van der Waals surface area contributed by atoms with Crippen molar-refractivity contribution >= 4 is 22.6 Å². The van der Waals surface area contributed by atoms with Gasteiger partial charge >= 0.3 is 0 Å². The first kappa shape index (κ1) is 16.7. The van der Waals surface area contributed by atoms with Crippen molar-refractivity contribution in [3.8, 4) is 0 Å². The third-order valence-electron chi connectivity index (χ3n) is 3.86. The molecule has 0 aliphatic carbocycles. The molecule has 4 nitrogen and oxygen atoms in total. The highest BCUT2D eigenvalue weighted by Gasteiger charge is 2.12. The van der Waals surface area contributed by atoms with Crippen molar-refractivity contribution < 1.29 is 4.79 Å². The summed E-state index contributed by atoms with van der Waals surface area (Å²) in [5, 5.41) is 2.88. The number of carbonyl (C=O) groups is 1. The van der Waals surface area contributed by atoms with Gasteiger partial charge in [-0.1, -0.05) is 45.1 Å². The Morgan fingerprint density at radius 2 is 2.04 bits per heavy atom. The van der Waals surface area contributed by atoms with Gasteiger partial charge in [-0.25, -0.2) is 4.98 Å². The van der Waals surface area contributed by atoms with E-state index in [-0.39, 0.29) is 11.3 Å². The molecule has 1 aromatic heterocycles. The molecule has 120 valence electrons. The highest BCUT2D eigenvalue weighted by molar-refractivity contribution is 6.06. The lowest BCUT2D eigenvalue weighted by Crippen LogP contribution is -2.13. The van der Waals surface area contributed by atoms with Crippen molar-refractivity contribution in [3.05, 3.63) is 60.5 Å². The summed E-state index contributed by atoms with van der Waals surface area (Å²) in [6.45, 7) is 12.2. The molecule has 0 atom stereocenters. The molecule has 0 saturated heterocycles. The largest absolute Gasteiger partial charge is 0.345 e. The predicted octanol–water partition coefficient (Wildman–Crippen LogP) is 4.61. The monoisotopic (exact) mass is 309 g/mol. The van der Waals surface area contributed by atoms with Crippen LogP contribution in [0.1, 0.15) is 27.7 Å². The zero-order chi connectivity index (χ0) is 17.0. The molecule has 0 unspecified atom stereocenters. The topological polar surface area (TPSA) is 57.8 Å². The molecule has 0 aliphatic heterocycles. The fourth-order valence-electron chi connectivity index (χ4n) is 1.92. The molecule has 23 heavy (non-hydrogen) atoms. The number of aromatic amines is 1. The number of carbonyl (C=O) groups excluding carboxylic acids is 1. The van der Waals surface area contributed by atoms with Crippen LogP contribution in [0.25, 0.3) is 11.0 Å². The van der Waals surface area contributed by atoms with E-state index in [0.717, 1.165) is 16.7 Å². The first-order chi connectivity index (χ1) is 10.8.